The zero-order valence-electron chi connectivity index (χ0n) is 12.3. The summed E-state index contributed by atoms with van der Waals surface area (Å²) < 4.78 is 38.6. The van der Waals surface area contributed by atoms with E-state index in [2.05, 4.69) is 31.8 Å². The molecule has 1 amide bonds. The number of nitrogens with zero attached hydrogens (tertiary/aromatic N) is 1. The number of alkyl halides is 3. The molecule has 0 bridgehead atoms. The van der Waals surface area contributed by atoms with Crippen molar-refractivity contribution in [1.82, 2.24) is 5.43 Å². The van der Waals surface area contributed by atoms with Gasteiger partial charge < -0.3 is 5.32 Å². The minimum absolute atomic E-state index is 0.200. The Labute approximate surface area is 144 Å². The first-order valence-electron chi connectivity index (χ1n) is 6.84. The molecule has 2 aromatic rings. The van der Waals surface area contributed by atoms with Crippen molar-refractivity contribution in [3.8, 4) is 0 Å². The highest BCUT2D eigenvalue weighted by Crippen LogP contribution is 2.30. The number of benzene rings is 2. The third-order valence-electron chi connectivity index (χ3n) is 2.94. The number of halogens is 4. The maximum atomic E-state index is 12.6. The Bertz CT molecular complexity index is 747. The Balaban J connectivity index is 1.87. The van der Waals surface area contributed by atoms with Crippen LogP contribution in [0, 0.1) is 0 Å². The molecule has 0 aliphatic rings. The van der Waals surface area contributed by atoms with Crippen LogP contribution in [-0.4, -0.2) is 18.7 Å². The maximum Gasteiger partial charge on any atom is 0.416 e. The second-order valence-corrected chi connectivity index (χ2v) is 5.60. The van der Waals surface area contributed by atoms with E-state index < -0.39 is 17.6 Å². The van der Waals surface area contributed by atoms with Gasteiger partial charge in [-0.2, -0.15) is 18.3 Å². The Morgan fingerprint density at radius 2 is 1.92 bits per heavy atom. The molecular formula is C16H13BrF3N3O. The average Bonchev–Trinajstić information content (AvgIpc) is 2.54. The van der Waals surface area contributed by atoms with Crippen molar-refractivity contribution in [2.45, 2.75) is 6.18 Å². The van der Waals surface area contributed by atoms with Gasteiger partial charge in [0.2, 0.25) is 0 Å². The number of anilines is 1. The summed E-state index contributed by atoms with van der Waals surface area (Å²) in [5.74, 6) is -0.476. The molecule has 0 radical (unpaired) electrons. The van der Waals surface area contributed by atoms with E-state index in [1.165, 1.54) is 18.3 Å². The summed E-state index contributed by atoms with van der Waals surface area (Å²) in [4.78, 5) is 11.7. The molecule has 0 saturated heterocycles. The minimum Gasteiger partial charge on any atom is -0.376 e. The standard InChI is InChI=1S/C16H13BrF3N3O/c17-14-7-2-1-4-11(14)9-22-23-15(24)10-21-13-6-3-5-12(8-13)16(18,19)20/h1-9,21H,10H2,(H,23,24)/b22-9-. The summed E-state index contributed by atoms with van der Waals surface area (Å²) >= 11 is 3.34. The predicted octanol–water partition coefficient (Wildman–Crippen LogP) is 4.03. The van der Waals surface area contributed by atoms with Crippen molar-refractivity contribution in [3.05, 3.63) is 64.1 Å². The van der Waals surface area contributed by atoms with Crippen molar-refractivity contribution >= 4 is 33.7 Å². The zero-order valence-corrected chi connectivity index (χ0v) is 13.9. The summed E-state index contributed by atoms with van der Waals surface area (Å²) in [6, 6.07) is 11.9. The van der Waals surface area contributed by atoms with Gasteiger partial charge in [-0.3, -0.25) is 4.79 Å². The molecule has 0 aromatic heterocycles. The SMILES string of the molecule is O=C(CNc1cccc(C(F)(F)F)c1)N/N=C\c1ccccc1Br. The van der Waals surface area contributed by atoms with Gasteiger partial charge in [-0.25, -0.2) is 5.43 Å². The van der Waals surface area contributed by atoms with E-state index in [-0.39, 0.29) is 12.2 Å². The van der Waals surface area contributed by atoms with E-state index in [9.17, 15) is 18.0 Å². The highest BCUT2D eigenvalue weighted by atomic mass is 79.9. The van der Waals surface area contributed by atoms with Gasteiger partial charge in [0.15, 0.2) is 0 Å². The van der Waals surface area contributed by atoms with E-state index in [1.54, 1.807) is 6.07 Å². The number of hydrogen-bond acceptors (Lipinski definition) is 3. The molecule has 0 saturated carbocycles. The van der Waals surface area contributed by atoms with Gasteiger partial charge in [-0.1, -0.05) is 40.2 Å². The van der Waals surface area contributed by atoms with Crippen molar-refractivity contribution in [2.75, 3.05) is 11.9 Å². The van der Waals surface area contributed by atoms with Crippen molar-refractivity contribution < 1.29 is 18.0 Å². The Morgan fingerprint density at radius 3 is 2.62 bits per heavy atom. The zero-order chi connectivity index (χ0) is 17.6. The molecule has 0 fully saturated rings. The van der Waals surface area contributed by atoms with Crippen LogP contribution in [0.25, 0.3) is 0 Å². The van der Waals surface area contributed by atoms with Crippen LogP contribution in [0.15, 0.2) is 58.1 Å². The van der Waals surface area contributed by atoms with E-state index in [0.717, 1.165) is 22.2 Å². The number of hydrazone groups is 1. The van der Waals surface area contributed by atoms with Gasteiger partial charge in [0, 0.05) is 15.7 Å². The highest BCUT2D eigenvalue weighted by Gasteiger charge is 2.30. The first-order chi connectivity index (χ1) is 11.4. The van der Waals surface area contributed by atoms with Crippen molar-refractivity contribution in [1.29, 1.82) is 0 Å². The van der Waals surface area contributed by atoms with E-state index in [4.69, 9.17) is 0 Å². The largest absolute Gasteiger partial charge is 0.416 e. The number of nitrogens with one attached hydrogen (secondary N) is 2. The molecule has 8 heteroatoms. The van der Waals surface area contributed by atoms with Gasteiger partial charge in [-0.15, -0.1) is 0 Å². The molecule has 24 heavy (non-hydrogen) atoms. The van der Waals surface area contributed by atoms with E-state index in [1.807, 2.05) is 18.2 Å². The van der Waals surface area contributed by atoms with Gasteiger partial charge >= 0.3 is 6.18 Å². The second-order valence-electron chi connectivity index (χ2n) is 4.75. The molecule has 4 nitrogen and oxygen atoms in total. The minimum atomic E-state index is -4.42. The van der Waals surface area contributed by atoms with Gasteiger partial charge in [0.25, 0.3) is 5.91 Å². The molecular weight excluding hydrogens is 387 g/mol. The smallest absolute Gasteiger partial charge is 0.376 e. The molecule has 0 aliphatic carbocycles. The molecule has 0 spiro atoms. The monoisotopic (exact) mass is 399 g/mol. The average molecular weight is 400 g/mol. The van der Waals surface area contributed by atoms with Crippen molar-refractivity contribution in [3.63, 3.8) is 0 Å². The first kappa shape index (κ1) is 18.0. The fraction of sp³-hybridized carbons (Fsp3) is 0.125. The molecule has 2 aromatic carbocycles. The van der Waals surface area contributed by atoms with Gasteiger partial charge in [0.1, 0.15) is 0 Å². The maximum absolute atomic E-state index is 12.6. The van der Waals surface area contributed by atoms with Crippen LogP contribution in [0.4, 0.5) is 18.9 Å². The first-order valence-corrected chi connectivity index (χ1v) is 7.63. The molecule has 0 heterocycles. The summed E-state index contributed by atoms with van der Waals surface area (Å²) in [7, 11) is 0. The lowest BCUT2D eigenvalue weighted by Crippen LogP contribution is -2.26. The van der Waals surface area contributed by atoms with Gasteiger partial charge in [-0.05, 0) is 24.3 Å². The molecule has 0 atom stereocenters. The summed E-state index contributed by atoms with van der Waals surface area (Å²) in [5, 5.41) is 6.42. The van der Waals surface area contributed by atoms with Crippen molar-refractivity contribution in [2.24, 2.45) is 5.10 Å². The van der Waals surface area contributed by atoms with Gasteiger partial charge in [0.05, 0.1) is 18.3 Å². The molecule has 0 unspecified atom stereocenters. The number of carbonyl (C=O) groups excluding carboxylic acids is 1. The highest BCUT2D eigenvalue weighted by molar-refractivity contribution is 9.10. The summed E-state index contributed by atoms with van der Waals surface area (Å²) in [6.45, 7) is -0.200. The number of rotatable bonds is 5. The Morgan fingerprint density at radius 1 is 1.17 bits per heavy atom. The quantitative estimate of drug-likeness (QED) is 0.588. The van der Waals surface area contributed by atoms with E-state index >= 15 is 0 Å². The van der Waals surface area contributed by atoms with Crippen LogP contribution in [-0.2, 0) is 11.0 Å². The van der Waals surface area contributed by atoms with Crippen LogP contribution < -0.4 is 10.7 Å². The molecule has 0 aliphatic heterocycles. The number of amides is 1. The molecule has 2 N–H and O–H groups in total. The van der Waals surface area contributed by atoms with Crippen LogP contribution in [0.3, 0.4) is 0 Å². The lowest BCUT2D eigenvalue weighted by atomic mass is 10.2. The molecule has 2 rings (SSSR count). The predicted molar refractivity (Wildman–Crippen MR) is 89.8 cm³/mol. The summed E-state index contributed by atoms with van der Waals surface area (Å²) in [6.07, 6.45) is -2.96. The number of hydrogen-bond donors (Lipinski definition) is 2. The third-order valence-corrected chi connectivity index (χ3v) is 3.66. The van der Waals surface area contributed by atoms with Crippen LogP contribution in [0.1, 0.15) is 11.1 Å². The van der Waals surface area contributed by atoms with Crippen LogP contribution in [0.5, 0.6) is 0 Å². The second kappa shape index (κ2) is 7.96. The number of carbonyl (C=O) groups is 1. The topological polar surface area (TPSA) is 53.5 Å². The Hall–Kier alpha value is -2.35. The summed E-state index contributed by atoms with van der Waals surface area (Å²) in [5.41, 5.74) is 2.51. The van der Waals surface area contributed by atoms with Crippen LogP contribution in [0.2, 0.25) is 0 Å². The third kappa shape index (κ3) is 5.38. The normalized spacial score (nSPS) is 11.5. The Kier molecular flexibility index (Phi) is 5.97. The molecule has 126 valence electrons. The lowest BCUT2D eigenvalue weighted by Gasteiger charge is -2.10. The fourth-order valence-electron chi connectivity index (χ4n) is 1.78. The lowest BCUT2D eigenvalue weighted by molar-refractivity contribution is -0.137. The van der Waals surface area contributed by atoms with E-state index in [0.29, 0.717) is 0 Å². The fourth-order valence-corrected chi connectivity index (χ4v) is 2.17. The van der Waals surface area contributed by atoms with Crippen LogP contribution >= 0.6 is 15.9 Å².